The molecule has 0 amide bonds. The van der Waals surface area contributed by atoms with Gasteiger partial charge in [0.25, 0.3) is 0 Å². The average Bonchev–Trinajstić information content (AvgIpc) is 3.09. The van der Waals surface area contributed by atoms with Crippen LogP contribution in [0.3, 0.4) is 0 Å². The van der Waals surface area contributed by atoms with Gasteiger partial charge in [0, 0.05) is 26.8 Å². The molecule has 6 unspecified atom stereocenters. The predicted octanol–water partition coefficient (Wildman–Crippen LogP) is 1.99. The fraction of sp³-hybridized carbons (Fsp3) is 1.00. The third kappa shape index (κ3) is 13.0. The molecule has 0 aromatic carbocycles. The molecule has 1 heterocycles. The molecular weight excluding hydrogens is 520 g/mol. The molecule has 0 aromatic rings. The molecule has 14 nitrogen and oxygen atoms in total. The van der Waals surface area contributed by atoms with E-state index in [2.05, 4.69) is 0 Å². The number of hydrogen-bond donors (Lipinski definition) is 2. The molecule has 1 saturated heterocycles. The van der Waals surface area contributed by atoms with Crippen LogP contribution in [-0.2, 0) is 54.6 Å². The van der Waals surface area contributed by atoms with E-state index in [0.717, 1.165) is 7.11 Å². The lowest BCUT2D eigenvalue weighted by atomic mass is 9.96. The standard InChI is InChI=1S/C16H36BO14P3/c1-14-15(13-16(17)30-14)31-32(19,20)25-9-5-10-27-34(22,24-3)29-12-6-11-28-33(21,23-2)26-8-4-7-18/h14-16,18H,4-13,17H2,1-3H3,(H,19,20). The van der Waals surface area contributed by atoms with Gasteiger partial charge < -0.3 is 14.7 Å². The van der Waals surface area contributed by atoms with Gasteiger partial charge in [-0.2, -0.15) is 0 Å². The zero-order valence-corrected chi connectivity index (χ0v) is 22.6. The Bertz CT molecular complexity index is 712. The first-order chi connectivity index (χ1) is 16.0. The van der Waals surface area contributed by atoms with Gasteiger partial charge in [0.05, 0.1) is 45.2 Å². The summed E-state index contributed by atoms with van der Waals surface area (Å²) in [6.45, 7) is 1.10. The van der Waals surface area contributed by atoms with Crippen LogP contribution < -0.4 is 0 Å². The van der Waals surface area contributed by atoms with Crippen molar-refractivity contribution in [2.24, 2.45) is 0 Å². The van der Waals surface area contributed by atoms with E-state index in [1.165, 1.54) is 7.11 Å². The lowest BCUT2D eigenvalue weighted by Crippen LogP contribution is -2.20. The van der Waals surface area contributed by atoms with Gasteiger partial charge in [-0.15, -0.1) is 0 Å². The van der Waals surface area contributed by atoms with Gasteiger partial charge in [0.15, 0.2) is 0 Å². The highest BCUT2D eigenvalue weighted by molar-refractivity contribution is 7.48. The molecule has 34 heavy (non-hydrogen) atoms. The summed E-state index contributed by atoms with van der Waals surface area (Å²) in [5.41, 5.74) is 0. The molecule has 0 radical (unpaired) electrons. The minimum atomic E-state index is -4.28. The molecule has 0 aliphatic carbocycles. The number of rotatable bonds is 20. The number of ether oxygens (including phenoxy) is 1. The lowest BCUT2D eigenvalue weighted by molar-refractivity contribution is 0.0340. The van der Waals surface area contributed by atoms with Crippen LogP contribution in [0.1, 0.15) is 32.6 Å². The Labute approximate surface area is 201 Å². The highest BCUT2D eigenvalue weighted by Gasteiger charge is 2.36. The molecule has 0 bridgehead atoms. The van der Waals surface area contributed by atoms with Crippen molar-refractivity contribution < 1.29 is 64.6 Å². The first-order valence-electron chi connectivity index (χ1n) is 10.8. The summed E-state index contributed by atoms with van der Waals surface area (Å²) in [5.74, 6) is 0. The fourth-order valence-electron chi connectivity index (χ4n) is 2.71. The van der Waals surface area contributed by atoms with Crippen LogP contribution in [0.2, 0.25) is 0 Å². The third-order valence-electron chi connectivity index (χ3n) is 4.38. The predicted molar refractivity (Wildman–Crippen MR) is 122 cm³/mol. The van der Waals surface area contributed by atoms with Gasteiger partial charge in [-0.05, 0) is 32.6 Å². The van der Waals surface area contributed by atoms with Crippen LogP contribution >= 0.6 is 23.5 Å². The average molecular weight is 556 g/mol. The van der Waals surface area contributed by atoms with Crippen LogP contribution in [-0.4, -0.2) is 89.9 Å². The highest BCUT2D eigenvalue weighted by atomic mass is 31.2. The van der Waals surface area contributed by atoms with E-state index in [4.69, 9.17) is 46.0 Å². The van der Waals surface area contributed by atoms with Crippen molar-refractivity contribution in [1.82, 2.24) is 0 Å². The maximum Gasteiger partial charge on any atom is 0.474 e. The largest absolute Gasteiger partial charge is 0.474 e. The number of phosphoric ester groups is 3. The summed E-state index contributed by atoms with van der Waals surface area (Å²) in [7, 11) is -7.75. The molecule has 202 valence electrons. The second kappa shape index (κ2) is 16.2. The number of phosphoric acid groups is 3. The van der Waals surface area contributed by atoms with E-state index >= 15 is 0 Å². The quantitative estimate of drug-likeness (QED) is 0.127. The van der Waals surface area contributed by atoms with Gasteiger partial charge in [-0.25, -0.2) is 13.7 Å². The van der Waals surface area contributed by atoms with Crippen molar-refractivity contribution in [2.75, 3.05) is 53.9 Å². The number of aliphatic hydroxyl groups is 1. The molecule has 0 aromatic heterocycles. The maximum absolute atomic E-state index is 12.4. The van der Waals surface area contributed by atoms with Crippen molar-refractivity contribution in [1.29, 1.82) is 0 Å². The summed E-state index contributed by atoms with van der Waals surface area (Å²) in [4.78, 5) is 9.84. The molecule has 1 fully saturated rings. The molecule has 6 atom stereocenters. The summed E-state index contributed by atoms with van der Waals surface area (Å²) >= 11 is 0. The van der Waals surface area contributed by atoms with E-state index in [1.807, 2.05) is 7.85 Å². The summed E-state index contributed by atoms with van der Waals surface area (Å²) in [6, 6.07) is -0.0714. The second-order valence-corrected chi connectivity index (χ2v) is 12.2. The molecule has 0 spiro atoms. The maximum atomic E-state index is 12.4. The molecular formula is C16H36BO14P3. The van der Waals surface area contributed by atoms with E-state index in [0.29, 0.717) is 6.42 Å². The zero-order chi connectivity index (χ0) is 25.7. The Hall–Kier alpha value is 0.315. The molecule has 18 heteroatoms. The zero-order valence-electron chi connectivity index (χ0n) is 19.9. The van der Waals surface area contributed by atoms with Crippen LogP contribution in [0.25, 0.3) is 0 Å². The van der Waals surface area contributed by atoms with Crippen LogP contribution in [0.5, 0.6) is 0 Å². The van der Waals surface area contributed by atoms with Crippen molar-refractivity contribution in [2.45, 2.75) is 50.8 Å². The molecule has 1 aliphatic heterocycles. The monoisotopic (exact) mass is 556 g/mol. The van der Waals surface area contributed by atoms with Crippen LogP contribution in [0, 0.1) is 0 Å². The second-order valence-electron chi connectivity index (χ2n) is 7.21. The summed E-state index contributed by atoms with van der Waals surface area (Å²) < 4.78 is 81.9. The van der Waals surface area contributed by atoms with Crippen molar-refractivity contribution >= 4 is 31.3 Å². The Kier molecular flexibility index (Phi) is 15.4. The normalized spacial score (nSPS) is 26.1. The topological polar surface area (TPSA) is 175 Å². The Morgan fingerprint density at radius 1 is 0.853 bits per heavy atom. The molecule has 0 saturated carbocycles. The van der Waals surface area contributed by atoms with Crippen molar-refractivity contribution in [3.63, 3.8) is 0 Å². The minimum absolute atomic E-state index is 0.000263. The third-order valence-corrected chi connectivity index (χ3v) is 8.32. The molecule has 2 N–H and O–H groups in total. The number of hydrogen-bond acceptors (Lipinski definition) is 13. The summed E-state index contributed by atoms with van der Waals surface area (Å²) in [5, 5.41) is 8.72. The Morgan fingerprint density at radius 2 is 1.29 bits per heavy atom. The smallest absolute Gasteiger partial charge is 0.396 e. The Morgan fingerprint density at radius 3 is 1.68 bits per heavy atom. The van der Waals surface area contributed by atoms with E-state index in [9.17, 15) is 18.6 Å². The van der Waals surface area contributed by atoms with Gasteiger partial charge in [0.2, 0.25) is 0 Å². The van der Waals surface area contributed by atoms with E-state index < -0.39 is 29.6 Å². The molecule has 1 rings (SSSR count). The van der Waals surface area contributed by atoms with Gasteiger partial charge in [-0.3, -0.25) is 36.2 Å². The van der Waals surface area contributed by atoms with Crippen LogP contribution in [0.4, 0.5) is 0 Å². The van der Waals surface area contributed by atoms with Gasteiger partial charge in [-0.1, -0.05) is 0 Å². The van der Waals surface area contributed by atoms with Crippen LogP contribution in [0.15, 0.2) is 0 Å². The summed E-state index contributed by atoms with van der Waals surface area (Å²) in [6.07, 6.45) is 0.177. The fourth-order valence-corrected chi connectivity index (χ4v) is 5.71. The molecule has 1 aliphatic rings. The Balaban J connectivity index is 2.24. The first-order valence-corrected chi connectivity index (χ1v) is 15.2. The SMILES string of the molecule is BC1CC(OP(=O)(O)OCCCOP(=O)(OC)OCCCOP(=O)(OC)OCCCO)C(C)O1. The lowest BCUT2D eigenvalue weighted by Gasteiger charge is -2.19. The van der Waals surface area contributed by atoms with E-state index in [-0.39, 0.29) is 71.0 Å². The van der Waals surface area contributed by atoms with Crippen molar-refractivity contribution in [3.8, 4) is 0 Å². The van der Waals surface area contributed by atoms with E-state index in [1.54, 1.807) is 6.92 Å². The number of aliphatic hydroxyl groups excluding tert-OH is 1. The van der Waals surface area contributed by atoms with Crippen molar-refractivity contribution in [3.05, 3.63) is 0 Å². The first kappa shape index (κ1) is 32.3. The highest BCUT2D eigenvalue weighted by Crippen LogP contribution is 2.51. The minimum Gasteiger partial charge on any atom is -0.396 e. The van der Waals surface area contributed by atoms with Gasteiger partial charge >= 0.3 is 23.5 Å². The van der Waals surface area contributed by atoms with Gasteiger partial charge in [0.1, 0.15) is 7.85 Å².